The lowest BCUT2D eigenvalue weighted by Gasteiger charge is -2.08. The second-order valence-corrected chi connectivity index (χ2v) is 7.68. The van der Waals surface area contributed by atoms with E-state index in [0.29, 0.717) is 5.82 Å². The summed E-state index contributed by atoms with van der Waals surface area (Å²) in [6, 6.07) is 16.2. The monoisotopic (exact) mass is 431 g/mol. The summed E-state index contributed by atoms with van der Waals surface area (Å²) in [7, 11) is 4.03. The second kappa shape index (κ2) is 9.62. The lowest BCUT2D eigenvalue weighted by atomic mass is 10.0. The molecule has 162 valence electrons. The lowest BCUT2D eigenvalue weighted by Crippen LogP contribution is -2.18. The zero-order valence-corrected chi connectivity index (χ0v) is 17.9. The summed E-state index contributed by atoms with van der Waals surface area (Å²) in [4.78, 5) is 10.8. The van der Waals surface area contributed by atoms with Crippen LogP contribution in [-0.2, 0) is 6.54 Å². The van der Waals surface area contributed by atoms with Crippen LogP contribution in [0.4, 0.5) is 14.6 Å². The fourth-order valence-electron chi connectivity index (χ4n) is 3.22. The highest BCUT2D eigenvalue weighted by atomic mass is 19.1. The Kier molecular flexibility index (Phi) is 6.47. The van der Waals surface area contributed by atoms with Crippen LogP contribution in [0.2, 0.25) is 0 Å². The van der Waals surface area contributed by atoms with Gasteiger partial charge in [-0.2, -0.15) is 5.10 Å². The number of aliphatic imine (C=N–C) groups is 1. The van der Waals surface area contributed by atoms with Crippen molar-refractivity contribution in [3.63, 3.8) is 0 Å². The van der Waals surface area contributed by atoms with E-state index < -0.39 is 0 Å². The molecule has 4 aromatic rings. The highest BCUT2D eigenvalue weighted by Gasteiger charge is 2.14. The Hall–Kier alpha value is -3.71. The average Bonchev–Trinajstić information content (AvgIpc) is 3.22. The van der Waals surface area contributed by atoms with E-state index in [4.69, 9.17) is 5.10 Å². The summed E-state index contributed by atoms with van der Waals surface area (Å²) >= 11 is 0. The van der Waals surface area contributed by atoms with Crippen LogP contribution in [0.5, 0.6) is 0 Å². The highest BCUT2D eigenvalue weighted by Crippen LogP contribution is 2.32. The maximum atomic E-state index is 13.5. The molecule has 0 N–H and O–H groups in total. The topological polar surface area (TPSA) is 46.3 Å². The van der Waals surface area contributed by atoms with Crippen LogP contribution in [0, 0.1) is 11.6 Å². The Morgan fingerprint density at radius 3 is 2.31 bits per heavy atom. The molecule has 0 fully saturated rings. The van der Waals surface area contributed by atoms with E-state index in [-0.39, 0.29) is 11.6 Å². The van der Waals surface area contributed by atoms with Crippen LogP contribution in [0.25, 0.3) is 22.4 Å². The van der Waals surface area contributed by atoms with Gasteiger partial charge >= 0.3 is 0 Å². The van der Waals surface area contributed by atoms with Crippen LogP contribution >= 0.6 is 0 Å². The molecule has 0 amide bonds. The molecule has 0 aliphatic heterocycles. The number of pyridine rings is 1. The van der Waals surface area contributed by atoms with Gasteiger partial charge in [-0.25, -0.2) is 18.8 Å². The van der Waals surface area contributed by atoms with E-state index >= 15 is 0 Å². The minimum Gasteiger partial charge on any atom is -0.308 e. The van der Waals surface area contributed by atoms with Gasteiger partial charge in [-0.1, -0.05) is 12.1 Å². The first-order valence-electron chi connectivity index (χ1n) is 10.2. The molecule has 0 saturated heterocycles. The van der Waals surface area contributed by atoms with Crippen molar-refractivity contribution in [1.29, 1.82) is 0 Å². The standard InChI is InChI=1S/C25H23F2N5/c1-31(2)13-14-32-17-23(25(30-32)19-5-9-22(27)10-6-19)20-11-12-28-24(15-20)29-16-18-3-7-21(26)8-4-18/h3-12,15-17H,13-14H2,1-2H3. The van der Waals surface area contributed by atoms with Gasteiger partial charge in [-0.05, 0) is 73.8 Å². The lowest BCUT2D eigenvalue weighted by molar-refractivity contribution is 0.373. The molecule has 0 unspecified atom stereocenters. The third kappa shape index (κ3) is 5.31. The molecule has 0 saturated carbocycles. The van der Waals surface area contributed by atoms with Gasteiger partial charge < -0.3 is 4.90 Å². The van der Waals surface area contributed by atoms with Gasteiger partial charge in [0.1, 0.15) is 17.3 Å². The summed E-state index contributed by atoms with van der Waals surface area (Å²) < 4.78 is 28.5. The van der Waals surface area contributed by atoms with Crippen LogP contribution < -0.4 is 0 Å². The molecule has 5 nitrogen and oxygen atoms in total. The van der Waals surface area contributed by atoms with E-state index in [1.165, 1.54) is 24.3 Å². The van der Waals surface area contributed by atoms with Crippen molar-refractivity contribution < 1.29 is 8.78 Å². The Morgan fingerprint density at radius 2 is 1.62 bits per heavy atom. The van der Waals surface area contributed by atoms with E-state index in [1.54, 1.807) is 36.7 Å². The van der Waals surface area contributed by atoms with E-state index in [1.807, 2.05) is 37.1 Å². The number of nitrogens with zero attached hydrogens (tertiary/aromatic N) is 5. The van der Waals surface area contributed by atoms with Crippen LogP contribution in [0.3, 0.4) is 0 Å². The first-order valence-corrected chi connectivity index (χ1v) is 10.2. The summed E-state index contributed by atoms with van der Waals surface area (Å²) in [5.41, 5.74) is 4.20. The molecule has 0 aliphatic rings. The van der Waals surface area contributed by atoms with Gasteiger partial charge in [-0.3, -0.25) is 4.68 Å². The molecular formula is C25H23F2N5. The molecule has 0 bridgehead atoms. The summed E-state index contributed by atoms with van der Waals surface area (Å²) in [5.74, 6) is -0.0523. The number of rotatable bonds is 7. The highest BCUT2D eigenvalue weighted by molar-refractivity contribution is 5.83. The molecule has 2 heterocycles. The number of halogens is 2. The van der Waals surface area contributed by atoms with Crippen molar-refractivity contribution in [2.45, 2.75) is 6.54 Å². The largest absolute Gasteiger partial charge is 0.308 e. The number of likely N-dealkylation sites (N-methyl/N-ethyl adjacent to an activating group) is 1. The number of hydrogen-bond acceptors (Lipinski definition) is 4. The predicted octanol–water partition coefficient (Wildman–Crippen LogP) is 5.20. The molecule has 2 aromatic heterocycles. The molecular weight excluding hydrogens is 408 g/mol. The number of hydrogen-bond donors (Lipinski definition) is 0. The predicted molar refractivity (Wildman–Crippen MR) is 123 cm³/mol. The van der Waals surface area contributed by atoms with Gasteiger partial charge in [0.05, 0.1) is 6.54 Å². The number of benzene rings is 2. The Balaban J connectivity index is 1.69. The Bertz CT molecular complexity index is 1210. The van der Waals surface area contributed by atoms with Gasteiger partial charge in [0.15, 0.2) is 5.82 Å². The minimum absolute atomic E-state index is 0.288. The first-order chi connectivity index (χ1) is 15.5. The van der Waals surface area contributed by atoms with Crippen LogP contribution in [0.1, 0.15) is 5.56 Å². The van der Waals surface area contributed by atoms with Crippen molar-refractivity contribution in [2.24, 2.45) is 4.99 Å². The molecule has 2 aromatic carbocycles. The van der Waals surface area contributed by atoms with E-state index in [2.05, 4.69) is 14.9 Å². The van der Waals surface area contributed by atoms with Gasteiger partial charge in [-0.15, -0.1) is 0 Å². The quantitative estimate of drug-likeness (QED) is 0.378. The van der Waals surface area contributed by atoms with Crippen molar-refractivity contribution in [3.8, 4) is 22.4 Å². The summed E-state index contributed by atoms with van der Waals surface area (Å²) in [5, 5.41) is 4.76. The fourth-order valence-corrected chi connectivity index (χ4v) is 3.22. The van der Waals surface area contributed by atoms with Gasteiger partial charge in [0.25, 0.3) is 0 Å². The van der Waals surface area contributed by atoms with E-state index in [0.717, 1.165) is 41.0 Å². The van der Waals surface area contributed by atoms with Crippen molar-refractivity contribution in [1.82, 2.24) is 19.7 Å². The fraction of sp³-hybridized carbons (Fsp3) is 0.160. The van der Waals surface area contributed by atoms with Crippen LogP contribution in [0.15, 0.2) is 78.0 Å². The van der Waals surface area contributed by atoms with E-state index in [9.17, 15) is 8.78 Å². The molecule has 0 radical (unpaired) electrons. The van der Waals surface area contributed by atoms with Crippen molar-refractivity contribution in [3.05, 3.63) is 90.3 Å². The first kappa shape index (κ1) is 21.5. The van der Waals surface area contributed by atoms with Gasteiger partial charge in [0, 0.05) is 36.3 Å². The normalized spacial score (nSPS) is 11.5. The zero-order chi connectivity index (χ0) is 22.5. The molecule has 4 rings (SSSR count). The van der Waals surface area contributed by atoms with Crippen molar-refractivity contribution in [2.75, 3.05) is 20.6 Å². The molecule has 0 atom stereocenters. The molecule has 0 spiro atoms. The summed E-state index contributed by atoms with van der Waals surface area (Å²) in [6.45, 7) is 1.56. The van der Waals surface area contributed by atoms with Crippen LogP contribution in [-0.4, -0.2) is 46.5 Å². The summed E-state index contributed by atoms with van der Waals surface area (Å²) in [6.07, 6.45) is 5.33. The minimum atomic E-state index is -0.290. The maximum absolute atomic E-state index is 13.5. The van der Waals surface area contributed by atoms with Gasteiger partial charge in [0.2, 0.25) is 0 Å². The SMILES string of the molecule is CN(C)CCn1cc(-c2ccnc(N=Cc3ccc(F)cc3)c2)c(-c2ccc(F)cc2)n1. The molecule has 0 aliphatic carbocycles. The van der Waals surface area contributed by atoms with Crippen molar-refractivity contribution >= 4 is 12.0 Å². The maximum Gasteiger partial charge on any atom is 0.152 e. The Labute approximate surface area is 185 Å². The third-order valence-electron chi connectivity index (χ3n) is 4.93. The third-order valence-corrected chi connectivity index (χ3v) is 4.93. The Morgan fingerprint density at radius 1 is 0.938 bits per heavy atom. The molecule has 7 heteroatoms. The molecule has 32 heavy (non-hydrogen) atoms. The second-order valence-electron chi connectivity index (χ2n) is 7.68. The zero-order valence-electron chi connectivity index (χ0n) is 17.9. The average molecular weight is 431 g/mol. The smallest absolute Gasteiger partial charge is 0.152 e. The number of aromatic nitrogens is 3.